The molecule has 0 aromatic heterocycles. The maximum Gasteiger partial charge on any atom is 0.343 e. The third-order valence-electron chi connectivity index (χ3n) is 3.99. The molecule has 0 spiro atoms. The van der Waals surface area contributed by atoms with Crippen molar-refractivity contribution in [2.45, 2.75) is 4.90 Å². The zero-order chi connectivity index (χ0) is 18.9. The molecule has 7 nitrogen and oxygen atoms in total. The Hall–Kier alpha value is -3.00. The lowest BCUT2D eigenvalue weighted by molar-refractivity contribution is 0.254. The Morgan fingerprint density at radius 1 is 1.08 bits per heavy atom. The van der Waals surface area contributed by atoms with E-state index < -0.39 is 16.1 Å². The van der Waals surface area contributed by atoms with Crippen molar-refractivity contribution in [2.75, 3.05) is 30.0 Å². The van der Waals surface area contributed by atoms with Crippen LogP contribution in [0.15, 0.2) is 60.0 Å². The van der Waals surface area contributed by atoms with Gasteiger partial charge in [-0.1, -0.05) is 18.2 Å². The highest BCUT2D eigenvalue weighted by molar-refractivity contribution is 7.94. The second-order valence-corrected chi connectivity index (χ2v) is 7.21. The topological polar surface area (TPSA) is 76.2 Å². The molecule has 0 unspecified atom stereocenters. The summed E-state index contributed by atoms with van der Waals surface area (Å²) in [6.07, 6.45) is 1.54. The van der Waals surface area contributed by atoms with Gasteiger partial charge in [0.25, 0.3) is 10.0 Å². The molecule has 0 saturated carbocycles. The van der Waals surface area contributed by atoms with E-state index in [1.165, 1.54) is 37.3 Å². The molecule has 2 amide bonds. The number of urea groups is 1. The highest BCUT2D eigenvalue weighted by atomic mass is 32.2. The van der Waals surface area contributed by atoms with Crippen LogP contribution in [-0.2, 0) is 10.0 Å². The van der Waals surface area contributed by atoms with Gasteiger partial charge in [0.2, 0.25) is 0 Å². The van der Waals surface area contributed by atoms with Crippen molar-refractivity contribution in [3.8, 4) is 11.5 Å². The zero-order valence-corrected chi connectivity index (χ0v) is 15.2. The zero-order valence-electron chi connectivity index (χ0n) is 14.4. The lowest BCUT2D eigenvalue weighted by atomic mass is 10.2. The second-order valence-electron chi connectivity index (χ2n) is 5.46. The number of hydrogen-bond acceptors (Lipinski definition) is 5. The number of sulfonamides is 1. The van der Waals surface area contributed by atoms with Gasteiger partial charge in [0.15, 0.2) is 11.5 Å². The lowest BCUT2D eigenvalue weighted by Crippen LogP contribution is -2.51. The number of para-hydroxylation sites is 1. The second kappa shape index (κ2) is 6.72. The summed E-state index contributed by atoms with van der Waals surface area (Å²) in [7, 11) is -1.16. The Morgan fingerprint density at radius 3 is 2.42 bits per heavy atom. The van der Waals surface area contributed by atoms with Crippen LogP contribution < -0.4 is 18.7 Å². The minimum atomic E-state index is -4.07. The SMILES string of the molecule is C=CCN1C(=O)N(c2ccc(OC)c(OC)c2)S(=O)(=O)c2ccccc21. The number of ether oxygens (including phenoxy) is 2. The molecular weight excluding hydrogens is 356 g/mol. The smallest absolute Gasteiger partial charge is 0.343 e. The van der Waals surface area contributed by atoms with E-state index in [-0.39, 0.29) is 17.1 Å². The Balaban J connectivity index is 2.22. The first-order valence-electron chi connectivity index (χ1n) is 7.74. The number of hydrogen-bond donors (Lipinski definition) is 0. The van der Waals surface area contributed by atoms with Gasteiger partial charge in [-0.2, -0.15) is 4.31 Å². The number of carbonyl (C=O) groups excluding carboxylic acids is 1. The fourth-order valence-corrected chi connectivity index (χ4v) is 4.40. The predicted octanol–water partition coefficient (Wildman–Crippen LogP) is 3.03. The maximum absolute atomic E-state index is 13.1. The molecule has 2 aromatic carbocycles. The van der Waals surface area contributed by atoms with Gasteiger partial charge in [-0.25, -0.2) is 13.2 Å². The minimum Gasteiger partial charge on any atom is -0.493 e. The fraction of sp³-hybridized carbons (Fsp3) is 0.167. The molecule has 2 aromatic rings. The number of amides is 2. The van der Waals surface area contributed by atoms with Gasteiger partial charge in [-0.05, 0) is 24.3 Å². The molecule has 0 atom stereocenters. The highest BCUT2D eigenvalue weighted by Crippen LogP contribution is 2.39. The number of rotatable bonds is 5. The average molecular weight is 374 g/mol. The summed E-state index contributed by atoms with van der Waals surface area (Å²) in [5, 5.41) is 0. The third kappa shape index (κ3) is 2.68. The van der Waals surface area contributed by atoms with Crippen LogP contribution in [0.5, 0.6) is 11.5 Å². The summed E-state index contributed by atoms with van der Waals surface area (Å²) in [6, 6.07) is 10.2. The van der Waals surface area contributed by atoms with E-state index in [0.717, 1.165) is 4.31 Å². The van der Waals surface area contributed by atoms with Gasteiger partial charge in [-0.3, -0.25) is 4.90 Å². The minimum absolute atomic E-state index is 0.0521. The van der Waals surface area contributed by atoms with Gasteiger partial charge >= 0.3 is 6.03 Å². The van der Waals surface area contributed by atoms with E-state index in [4.69, 9.17) is 9.47 Å². The summed E-state index contributed by atoms with van der Waals surface area (Å²) in [5.74, 6) is 0.753. The number of benzene rings is 2. The van der Waals surface area contributed by atoms with Gasteiger partial charge in [0, 0.05) is 12.6 Å². The highest BCUT2D eigenvalue weighted by Gasteiger charge is 2.42. The largest absolute Gasteiger partial charge is 0.493 e. The van der Waals surface area contributed by atoms with Crippen molar-refractivity contribution in [3.05, 3.63) is 55.1 Å². The summed E-state index contributed by atoms with van der Waals surface area (Å²) in [5.41, 5.74) is 0.491. The molecule has 136 valence electrons. The van der Waals surface area contributed by atoms with Crippen LogP contribution >= 0.6 is 0 Å². The van der Waals surface area contributed by atoms with Gasteiger partial charge in [0.05, 0.1) is 25.6 Å². The molecule has 1 aliphatic rings. The van der Waals surface area contributed by atoms with E-state index in [1.807, 2.05) is 0 Å². The van der Waals surface area contributed by atoms with Gasteiger partial charge < -0.3 is 9.47 Å². The van der Waals surface area contributed by atoms with Crippen molar-refractivity contribution in [3.63, 3.8) is 0 Å². The van der Waals surface area contributed by atoms with Crippen molar-refractivity contribution in [1.29, 1.82) is 0 Å². The Morgan fingerprint density at radius 2 is 1.77 bits per heavy atom. The molecule has 0 aliphatic carbocycles. The molecule has 0 N–H and O–H groups in total. The first-order chi connectivity index (χ1) is 12.5. The quantitative estimate of drug-likeness (QED) is 0.752. The lowest BCUT2D eigenvalue weighted by Gasteiger charge is -2.35. The summed E-state index contributed by atoms with van der Waals surface area (Å²) in [4.78, 5) is 14.4. The monoisotopic (exact) mass is 374 g/mol. The average Bonchev–Trinajstić information content (AvgIpc) is 2.65. The van der Waals surface area contributed by atoms with E-state index in [1.54, 1.807) is 30.3 Å². The maximum atomic E-state index is 13.1. The van der Waals surface area contributed by atoms with Crippen molar-refractivity contribution < 1.29 is 22.7 Å². The standard InChI is InChI=1S/C18H18N2O5S/c1-4-11-19-14-7-5-6-8-17(14)26(22,23)20(18(19)21)13-9-10-15(24-2)16(12-13)25-3/h4-10,12H,1,11H2,2-3H3. The number of methoxy groups -OCH3 is 2. The summed E-state index contributed by atoms with van der Waals surface area (Å²) >= 11 is 0. The van der Waals surface area contributed by atoms with Gasteiger partial charge in [-0.15, -0.1) is 6.58 Å². The molecule has 0 bridgehead atoms. The van der Waals surface area contributed by atoms with Gasteiger partial charge in [0.1, 0.15) is 4.90 Å². The van der Waals surface area contributed by atoms with E-state index >= 15 is 0 Å². The van der Waals surface area contributed by atoms with Crippen LogP contribution in [0.4, 0.5) is 16.2 Å². The van der Waals surface area contributed by atoms with Crippen LogP contribution in [0.3, 0.4) is 0 Å². The fourth-order valence-electron chi connectivity index (χ4n) is 2.82. The molecule has 1 aliphatic heterocycles. The number of anilines is 2. The Kier molecular flexibility index (Phi) is 4.60. The summed E-state index contributed by atoms with van der Waals surface area (Å²) in [6.45, 7) is 3.82. The van der Waals surface area contributed by atoms with Crippen LogP contribution in [-0.4, -0.2) is 35.2 Å². The molecule has 26 heavy (non-hydrogen) atoms. The molecule has 0 radical (unpaired) electrons. The molecule has 1 heterocycles. The third-order valence-corrected chi connectivity index (χ3v) is 5.74. The van der Waals surface area contributed by atoms with Crippen LogP contribution in [0.1, 0.15) is 0 Å². The molecule has 0 saturated heterocycles. The Bertz CT molecular complexity index is 971. The molecule has 0 fully saturated rings. The van der Waals surface area contributed by atoms with Crippen LogP contribution in [0.25, 0.3) is 0 Å². The van der Waals surface area contributed by atoms with Crippen molar-refractivity contribution >= 4 is 27.4 Å². The first-order valence-corrected chi connectivity index (χ1v) is 9.18. The summed E-state index contributed by atoms with van der Waals surface area (Å²) < 4.78 is 37.4. The van der Waals surface area contributed by atoms with Crippen LogP contribution in [0.2, 0.25) is 0 Å². The first kappa shape index (κ1) is 17.8. The van der Waals surface area contributed by atoms with E-state index in [9.17, 15) is 13.2 Å². The number of nitrogens with zero attached hydrogens (tertiary/aromatic N) is 2. The number of carbonyl (C=O) groups is 1. The van der Waals surface area contributed by atoms with E-state index in [0.29, 0.717) is 17.2 Å². The molecule has 3 rings (SSSR count). The van der Waals surface area contributed by atoms with E-state index in [2.05, 4.69) is 6.58 Å². The van der Waals surface area contributed by atoms with Crippen LogP contribution in [0, 0.1) is 0 Å². The van der Waals surface area contributed by atoms with Crippen molar-refractivity contribution in [2.24, 2.45) is 0 Å². The molecule has 8 heteroatoms. The predicted molar refractivity (Wildman–Crippen MR) is 98.6 cm³/mol. The normalized spacial score (nSPS) is 15.4. The Labute approximate surface area is 152 Å². The number of fused-ring (bicyclic) bond motifs is 1. The van der Waals surface area contributed by atoms with Crippen molar-refractivity contribution in [1.82, 2.24) is 0 Å². The molecular formula is C18H18N2O5S.